The summed E-state index contributed by atoms with van der Waals surface area (Å²) in [6.07, 6.45) is 0. The van der Waals surface area contributed by atoms with E-state index in [1.165, 1.54) is 5.56 Å². The summed E-state index contributed by atoms with van der Waals surface area (Å²) >= 11 is 0. The molecule has 1 aromatic carbocycles. The number of benzene rings is 1. The lowest BCUT2D eigenvalue weighted by Gasteiger charge is -1.99. The zero-order valence-electron chi connectivity index (χ0n) is 12.7. The van der Waals surface area contributed by atoms with Gasteiger partial charge in [0.25, 0.3) is 0 Å². The Balaban J connectivity index is -0.000000499. The van der Waals surface area contributed by atoms with Crippen molar-refractivity contribution in [3.05, 3.63) is 29.8 Å². The fraction of sp³-hybridized carbons (Fsp3) is 0.471. The van der Waals surface area contributed by atoms with Crippen molar-refractivity contribution in [2.75, 3.05) is 0 Å². The van der Waals surface area contributed by atoms with Gasteiger partial charge in [0, 0.05) is 0 Å². The summed E-state index contributed by atoms with van der Waals surface area (Å²) in [7, 11) is 0. The molecule has 1 heterocycles. The molecule has 0 aromatic heterocycles. The number of aryl methyl sites for hydroxylation is 1. The van der Waals surface area contributed by atoms with Crippen LogP contribution in [0.1, 0.15) is 55.0 Å². The lowest BCUT2D eigenvalue weighted by molar-refractivity contribution is 1.25. The highest BCUT2D eigenvalue weighted by Gasteiger charge is 2.14. The van der Waals surface area contributed by atoms with Crippen LogP contribution in [0.3, 0.4) is 0 Å². The molecule has 21 heavy (non-hydrogen) atoms. The Morgan fingerprint density at radius 1 is 0.857 bits per heavy atom. The summed E-state index contributed by atoms with van der Waals surface area (Å²) in [4.78, 5) is 4.39. The predicted octanol–water partition coefficient (Wildman–Crippen LogP) is 5.14. The molecule has 2 rings (SSSR count). The van der Waals surface area contributed by atoms with E-state index in [4.69, 9.17) is 5.73 Å². The molecule has 0 aliphatic carbocycles. The van der Waals surface area contributed by atoms with Gasteiger partial charge < -0.3 is 5.73 Å². The summed E-state index contributed by atoms with van der Waals surface area (Å²) in [6, 6.07) is 7.91. The SMILES string of the molecule is C.C.CC.CC.CC1=NN=C(N)C1=Nc1ccc(C)cc1. The van der Waals surface area contributed by atoms with Gasteiger partial charge in [0.2, 0.25) is 0 Å². The normalized spacial score (nSPS) is 13.3. The van der Waals surface area contributed by atoms with Crippen LogP contribution in [0.5, 0.6) is 0 Å². The molecular formula is C17H32N4. The zero-order valence-corrected chi connectivity index (χ0v) is 12.7. The molecule has 0 saturated heterocycles. The molecule has 0 amide bonds. The first-order valence-corrected chi connectivity index (χ1v) is 6.70. The van der Waals surface area contributed by atoms with E-state index in [0.717, 1.165) is 11.4 Å². The molecule has 0 fully saturated rings. The third kappa shape index (κ3) is 7.40. The molecule has 1 aliphatic heterocycles. The molecule has 0 saturated carbocycles. The molecule has 0 radical (unpaired) electrons. The number of nitrogens with two attached hydrogens (primary N) is 1. The van der Waals surface area contributed by atoms with E-state index < -0.39 is 0 Å². The summed E-state index contributed by atoms with van der Waals surface area (Å²) in [5.74, 6) is 0.382. The van der Waals surface area contributed by atoms with E-state index in [0.29, 0.717) is 11.5 Å². The van der Waals surface area contributed by atoms with Gasteiger partial charge in [-0.1, -0.05) is 60.2 Å². The number of rotatable bonds is 1. The van der Waals surface area contributed by atoms with Crippen molar-refractivity contribution in [3.63, 3.8) is 0 Å². The molecule has 1 aliphatic rings. The molecule has 0 spiro atoms. The summed E-state index contributed by atoms with van der Waals surface area (Å²) in [5.41, 5.74) is 9.15. The topological polar surface area (TPSA) is 63.1 Å². The molecule has 4 heteroatoms. The maximum Gasteiger partial charge on any atom is 0.173 e. The zero-order chi connectivity index (χ0) is 14.8. The number of nitrogens with zero attached hydrogens (tertiary/aromatic N) is 3. The lowest BCUT2D eigenvalue weighted by atomic mass is 10.2. The Kier molecular flexibility index (Phi) is 14.9. The number of amidine groups is 1. The summed E-state index contributed by atoms with van der Waals surface area (Å²) < 4.78 is 0. The van der Waals surface area contributed by atoms with Crippen molar-refractivity contribution in [2.45, 2.75) is 56.4 Å². The van der Waals surface area contributed by atoms with Gasteiger partial charge in [-0.05, 0) is 26.0 Å². The van der Waals surface area contributed by atoms with Crippen LogP contribution in [0.25, 0.3) is 0 Å². The van der Waals surface area contributed by atoms with Crippen molar-refractivity contribution < 1.29 is 0 Å². The first-order chi connectivity index (χ1) is 9.16. The highest BCUT2D eigenvalue weighted by Crippen LogP contribution is 2.14. The quantitative estimate of drug-likeness (QED) is 0.765. The van der Waals surface area contributed by atoms with Crippen LogP contribution >= 0.6 is 0 Å². The van der Waals surface area contributed by atoms with Crippen LogP contribution in [0, 0.1) is 6.92 Å². The Labute approximate surface area is 130 Å². The maximum absolute atomic E-state index is 5.65. The Morgan fingerprint density at radius 3 is 1.71 bits per heavy atom. The highest BCUT2D eigenvalue weighted by atomic mass is 15.3. The van der Waals surface area contributed by atoms with Crippen molar-refractivity contribution in [1.29, 1.82) is 0 Å². The second kappa shape index (κ2) is 13.0. The van der Waals surface area contributed by atoms with E-state index in [1.54, 1.807) is 0 Å². The predicted molar refractivity (Wildman–Crippen MR) is 99.2 cm³/mol. The minimum atomic E-state index is 0. The van der Waals surface area contributed by atoms with Gasteiger partial charge in [-0.25, -0.2) is 4.99 Å². The fourth-order valence-electron chi connectivity index (χ4n) is 1.30. The van der Waals surface area contributed by atoms with Gasteiger partial charge in [-0.3, -0.25) is 0 Å². The van der Waals surface area contributed by atoms with Gasteiger partial charge in [0.1, 0.15) is 5.71 Å². The van der Waals surface area contributed by atoms with E-state index in [-0.39, 0.29) is 14.9 Å². The minimum absolute atomic E-state index is 0. The first-order valence-electron chi connectivity index (χ1n) is 6.70. The molecular weight excluding hydrogens is 260 g/mol. The average Bonchev–Trinajstić information content (AvgIpc) is 2.77. The van der Waals surface area contributed by atoms with Gasteiger partial charge in [-0.2, -0.15) is 5.10 Å². The molecule has 0 bridgehead atoms. The van der Waals surface area contributed by atoms with E-state index in [2.05, 4.69) is 15.2 Å². The van der Waals surface area contributed by atoms with Crippen LogP contribution in [-0.2, 0) is 0 Å². The molecule has 0 atom stereocenters. The molecule has 1 aromatic rings. The summed E-state index contributed by atoms with van der Waals surface area (Å²) in [5, 5.41) is 7.63. The Bertz CT molecular complexity index is 448. The average molecular weight is 292 g/mol. The number of hydrogen-bond donors (Lipinski definition) is 1. The third-order valence-electron chi connectivity index (χ3n) is 2.17. The third-order valence-corrected chi connectivity index (χ3v) is 2.17. The van der Waals surface area contributed by atoms with Gasteiger partial charge in [-0.15, -0.1) is 5.10 Å². The summed E-state index contributed by atoms with van der Waals surface area (Å²) in [6.45, 7) is 11.9. The molecule has 4 nitrogen and oxygen atoms in total. The van der Waals surface area contributed by atoms with Crippen LogP contribution in [0.4, 0.5) is 5.69 Å². The lowest BCUT2D eigenvalue weighted by Crippen LogP contribution is -2.25. The van der Waals surface area contributed by atoms with Crippen molar-refractivity contribution in [1.82, 2.24) is 0 Å². The van der Waals surface area contributed by atoms with Crippen LogP contribution in [0.2, 0.25) is 0 Å². The fourth-order valence-corrected chi connectivity index (χ4v) is 1.30. The maximum atomic E-state index is 5.65. The smallest absolute Gasteiger partial charge is 0.173 e. The van der Waals surface area contributed by atoms with E-state index >= 15 is 0 Å². The largest absolute Gasteiger partial charge is 0.380 e. The van der Waals surface area contributed by atoms with E-state index in [1.807, 2.05) is 65.8 Å². The number of aliphatic imine (C=N–C) groups is 1. The minimum Gasteiger partial charge on any atom is -0.380 e. The van der Waals surface area contributed by atoms with Gasteiger partial charge >= 0.3 is 0 Å². The first kappa shape index (κ1) is 24.1. The standard InChI is InChI=1S/C11H12N4.2C2H6.2CH4/c1-7-3-5-9(6-4-7)13-10-8(2)14-15-11(10)12;2*1-2;;/h3-6H,1-2H3,(H2,12,13,15);2*1-2H3;2*1H4. The molecule has 120 valence electrons. The van der Waals surface area contributed by atoms with Crippen molar-refractivity contribution >= 4 is 22.9 Å². The van der Waals surface area contributed by atoms with Crippen molar-refractivity contribution in [3.8, 4) is 0 Å². The molecule has 2 N–H and O–H groups in total. The van der Waals surface area contributed by atoms with E-state index in [9.17, 15) is 0 Å². The van der Waals surface area contributed by atoms with Crippen molar-refractivity contribution in [2.24, 2.45) is 20.9 Å². The second-order valence-electron chi connectivity index (χ2n) is 3.47. The second-order valence-corrected chi connectivity index (χ2v) is 3.47. The van der Waals surface area contributed by atoms with Crippen LogP contribution < -0.4 is 5.73 Å². The number of hydrogen-bond acceptors (Lipinski definition) is 4. The Hall–Kier alpha value is -1.97. The highest BCUT2D eigenvalue weighted by molar-refractivity contribution is 6.69. The van der Waals surface area contributed by atoms with Gasteiger partial charge in [0.05, 0.1) is 11.4 Å². The van der Waals surface area contributed by atoms with Crippen LogP contribution in [-0.4, -0.2) is 17.3 Å². The Morgan fingerprint density at radius 2 is 1.33 bits per heavy atom. The monoisotopic (exact) mass is 292 g/mol. The van der Waals surface area contributed by atoms with Crippen LogP contribution in [0.15, 0.2) is 39.5 Å². The van der Waals surface area contributed by atoms with Gasteiger partial charge in [0.15, 0.2) is 5.84 Å². The molecule has 0 unspecified atom stereocenters.